The molecule has 20 heavy (non-hydrogen) atoms. The summed E-state index contributed by atoms with van der Waals surface area (Å²) in [5.74, 6) is 0.773. The highest BCUT2D eigenvalue weighted by atomic mass is 32.2. The summed E-state index contributed by atoms with van der Waals surface area (Å²) in [5, 5.41) is 0. The van der Waals surface area contributed by atoms with E-state index in [1.54, 1.807) is 24.4 Å². The van der Waals surface area contributed by atoms with Crippen molar-refractivity contribution in [3.05, 3.63) is 48.0 Å². The summed E-state index contributed by atoms with van der Waals surface area (Å²) >= 11 is 0. The van der Waals surface area contributed by atoms with E-state index in [2.05, 4.69) is 4.98 Å². The van der Waals surface area contributed by atoms with Crippen LogP contribution in [0.1, 0.15) is 11.4 Å². The first-order valence-electron chi connectivity index (χ1n) is 6.40. The van der Waals surface area contributed by atoms with Crippen molar-refractivity contribution in [3.8, 4) is 0 Å². The van der Waals surface area contributed by atoms with Crippen molar-refractivity contribution in [1.82, 2.24) is 13.9 Å². The van der Waals surface area contributed by atoms with Gasteiger partial charge < -0.3 is 10.3 Å². The van der Waals surface area contributed by atoms with Gasteiger partial charge in [0.15, 0.2) is 0 Å². The topological polar surface area (TPSA) is 81.2 Å². The largest absolute Gasteiger partial charge is 0.333 e. The second-order valence-corrected chi connectivity index (χ2v) is 6.66. The summed E-state index contributed by atoms with van der Waals surface area (Å²) in [6.45, 7) is 1.72. The predicted molar refractivity (Wildman–Crippen MR) is 74.2 cm³/mol. The summed E-state index contributed by atoms with van der Waals surface area (Å²) < 4.78 is 28.7. The molecule has 0 saturated heterocycles. The number of sulfonamides is 1. The summed E-state index contributed by atoms with van der Waals surface area (Å²) in [6.07, 6.45) is 3.56. The van der Waals surface area contributed by atoms with Crippen LogP contribution < -0.4 is 5.73 Å². The van der Waals surface area contributed by atoms with E-state index in [1.807, 2.05) is 16.8 Å². The maximum absolute atomic E-state index is 12.6. The number of rotatable bonds is 3. The lowest BCUT2D eigenvalue weighted by Gasteiger charge is -2.27. The van der Waals surface area contributed by atoms with Gasteiger partial charge >= 0.3 is 0 Å². The third kappa shape index (κ3) is 2.24. The van der Waals surface area contributed by atoms with Gasteiger partial charge in [0.1, 0.15) is 5.82 Å². The third-order valence-electron chi connectivity index (χ3n) is 3.48. The van der Waals surface area contributed by atoms with Crippen LogP contribution in [0.4, 0.5) is 0 Å². The molecule has 0 amide bonds. The van der Waals surface area contributed by atoms with Crippen LogP contribution >= 0.6 is 0 Å². The monoisotopic (exact) mass is 292 g/mol. The lowest BCUT2D eigenvalue weighted by atomic mass is 10.2. The molecular weight excluding hydrogens is 276 g/mol. The molecule has 0 bridgehead atoms. The van der Waals surface area contributed by atoms with E-state index in [0.717, 1.165) is 11.4 Å². The average Bonchev–Trinajstić information content (AvgIpc) is 2.94. The number of fused-ring (bicyclic) bond motifs is 1. The zero-order valence-electron chi connectivity index (χ0n) is 10.9. The van der Waals surface area contributed by atoms with Crippen molar-refractivity contribution in [1.29, 1.82) is 0 Å². The first-order valence-corrected chi connectivity index (χ1v) is 7.84. The summed E-state index contributed by atoms with van der Waals surface area (Å²) in [5.41, 5.74) is 6.38. The third-order valence-corrected chi connectivity index (χ3v) is 5.32. The first kappa shape index (κ1) is 13.3. The van der Waals surface area contributed by atoms with Gasteiger partial charge in [0.2, 0.25) is 10.0 Å². The van der Waals surface area contributed by atoms with Gasteiger partial charge in [0.05, 0.1) is 11.4 Å². The van der Waals surface area contributed by atoms with E-state index in [-0.39, 0.29) is 0 Å². The van der Waals surface area contributed by atoms with Gasteiger partial charge in [-0.15, -0.1) is 0 Å². The second-order valence-electron chi connectivity index (χ2n) is 4.73. The van der Waals surface area contributed by atoms with Gasteiger partial charge in [0, 0.05) is 32.0 Å². The Hall–Kier alpha value is -1.70. The van der Waals surface area contributed by atoms with Crippen molar-refractivity contribution in [3.63, 3.8) is 0 Å². The molecule has 0 radical (unpaired) electrons. The molecule has 0 aliphatic carbocycles. The quantitative estimate of drug-likeness (QED) is 0.895. The molecule has 6 nitrogen and oxygen atoms in total. The highest BCUT2D eigenvalue weighted by Gasteiger charge is 2.28. The average molecular weight is 292 g/mol. The minimum atomic E-state index is -3.49. The molecule has 0 atom stereocenters. The second kappa shape index (κ2) is 5.01. The summed E-state index contributed by atoms with van der Waals surface area (Å²) in [6, 6.07) is 6.79. The van der Waals surface area contributed by atoms with E-state index in [1.165, 1.54) is 4.31 Å². The zero-order chi connectivity index (χ0) is 14.2. The fourth-order valence-corrected chi connectivity index (χ4v) is 3.79. The molecule has 3 rings (SSSR count). The molecule has 106 valence electrons. The van der Waals surface area contributed by atoms with Crippen molar-refractivity contribution in [2.75, 3.05) is 6.54 Å². The van der Waals surface area contributed by atoms with Gasteiger partial charge in [-0.05, 0) is 17.7 Å². The molecule has 0 unspecified atom stereocenters. The number of nitrogens with zero attached hydrogens (tertiary/aromatic N) is 3. The van der Waals surface area contributed by atoms with Gasteiger partial charge in [-0.2, -0.15) is 4.31 Å². The van der Waals surface area contributed by atoms with E-state index in [0.29, 0.717) is 31.1 Å². The standard InChI is InChI=1S/C13H16N4O2S/c14-9-11-2-1-3-12(8-11)20(18,19)17-7-6-16-5-4-15-13(16)10-17/h1-5,8H,6-7,9-10,14H2. The fraction of sp³-hybridized carbons (Fsp3) is 0.308. The number of aromatic nitrogens is 2. The van der Waals surface area contributed by atoms with Crippen LogP contribution in [0.5, 0.6) is 0 Å². The Labute approximate surface area is 117 Å². The van der Waals surface area contributed by atoms with Crippen molar-refractivity contribution in [2.24, 2.45) is 5.73 Å². The molecule has 1 aliphatic rings. The van der Waals surface area contributed by atoms with Crippen LogP contribution in [0.15, 0.2) is 41.6 Å². The van der Waals surface area contributed by atoms with E-state index in [4.69, 9.17) is 5.73 Å². The van der Waals surface area contributed by atoms with E-state index >= 15 is 0 Å². The lowest BCUT2D eigenvalue weighted by Crippen LogP contribution is -2.38. The Bertz CT molecular complexity index is 723. The van der Waals surface area contributed by atoms with Crippen molar-refractivity contribution in [2.45, 2.75) is 24.5 Å². The molecule has 2 N–H and O–H groups in total. The van der Waals surface area contributed by atoms with Gasteiger partial charge in [0.25, 0.3) is 0 Å². The zero-order valence-corrected chi connectivity index (χ0v) is 11.8. The van der Waals surface area contributed by atoms with Crippen LogP contribution in [-0.2, 0) is 29.7 Å². The van der Waals surface area contributed by atoms with E-state index in [9.17, 15) is 8.42 Å². The van der Waals surface area contributed by atoms with Crippen LogP contribution in [0.25, 0.3) is 0 Å². The molecule has 0 fully saturated rings. The van der Waals surface area contributed by atoms with Crippen LogP contribution in [-0.4, -0.2) is 28.8 Å². The van der Waals surface area contributed by atoms with Crippen LogP contribution in [0.3, 0.4) is 0 Å². The van der Waals surface area contributed by atoms with E-state index < -0.39 is 10.0 Å². The van der Waals surface area contributed by atoms with Gasteiger partial charge in [-0.25, -0.2) is 13.4 Å². The van der Waals surface area contributed by atoms with Gasteiger partial charge in [-0.3, -0.25) is 0 Å². The smallest absolute Gasteiger partial charge is 0.243 e. The Balaban J connectivity index is 1.93. The SMILES string of the molecule is NCc1cccc(S(=O)(=O)N2CCn3ccnc3C2)c1. The Morgan fingerprint density at radius 1 is 1.30 bits per heavy atom. The Kier molecular flexibility index (Phi) is 3.33. The molecule has 2 heterocycles. The molecule has 0 saturated carbocycles. The number of nitrogens with two attached hydrogens (primary N) is 1. The lowest BCUT2D eigenvalue weighted by molar-refractivity contribution is 0.335. The minimum absolute atomic E-state index is 0.292. The summed E-state index contributed by atoms with van der Waals surface area (Å²) in [7, 11) is -3.49. The molecule has 0 spiro atoms. The Morgan fingerprint density at radius 2 is 2.15 bits per heavy atom. The minimum Gasteiger partial charge on any atom is -0.333 e. The van der Waals surface area contributed by atoms with Crippen molar-refractivity contribution >= 4 is 10.0 Å². The highest BCUT2D eigenvalue weighted by Crippen LogP contribution is 2.21. The Morgan fingerprint density at radius 3 is 2.95 bits per heavy atom. The number of imidazole rings is 1. The number of hydrogen-bond acceptors (Lipinski definition) is 4. The molecule has 1 aliphatic heterocycles. The van der Waals surface area contributed by atoms with Crippen LogP contribution in [0, 0.1) is 0 Å². The molecule has 2 aromatic rings. The maximum Gasteiger partial charge on any atom is 0.243 e. The predicted octanol–water partition coefficient (Wildman–Crippen LogP) is 0.546. The number of benzene rings is 1. The molecule has 1 aromatic carbocycles. The molecule has 7 heteroatoms. The summed E-state index contributed by atoms with van der Waals surface area (Å²) in [4.78, 5) is 4.48. The van der Waals surface area contributed by atoms with Crippen molar-refractivity contribution < 1.29 is 8.42 Å². The number of hydrogen-bond donors (Lipinski definition) is 1. The van der Waals surface area contributed by atoms with Gasteiger partial charge in [-0.1, -0.05) is 12.1 Å². The highest BCUT2D eigenvalue weighted by molar-refractivity contribution is 7.89. The normalized spacial score (nSPS) is 16.1. The molecule has 1 aromatic heterocycles. The maximum atomic E-state index is 12.6. The first-order chi connectivity index (χ1) is 9.61. The fourth-order valence-electron chi connectivity index (χ4n) is 2.34. The molecular formula is C13H16N4O2S. The van der Waals surface area contributed by atoms with Crippen LogP contribution in [0.2, 0.25) is 0 Å².